The Morgan fingerprint density at radius 3 is 2.48 bits per heavy atom. The Kier molecular flexibility index (Phi) is 5.65. The monoisotopic (exact) mass is 449 g/mol. The number of benzene rings is 1. The third-order valence-corrected chi connectivity index (χ3v) is 9.05. The second-order valence-electron chi connectivity index (χ2n) is 7.09. The van der Waals surface area contributed by atoms with Crippen molar-refractivity contribution in [3.05, 3.63) is 46.6 Å². The summed E-state index contributed by atoms with van der Waals surface area (Å²) < 4.78 is 34.6. The summed E-state index contributed by atoms with van der Waals surface area (Å²) in [5.74, 6) is 0.548. The largest absolute Gasteiger partial charge is 0.495 e. The number of sulfonamides is 1. The van der Waals surface area contributed by atoms with E-state index >= 15 is 0 Å². The van der Waals surface area contributed by atoms with Gasteiger partial charge in [-0.3, -0.25) is 4.72 Å². The minimum atomic E-state index is -3.71. The third kappa shape index (κ3) is 4.32. The van der Waals surface area contributed by atoms with Crippen LogP contribution in [0.3, 0.4) is 0 Å². The Balaban J connectivity index is 1.63. The van der Waals surface area contributed by atoms with Crippen molar-refractivity contribution in [2.75, 3.05) is 32.0 Å². The second-order valence-corrected chi connectivity index (χ2v) is 11.3. The topological polar surface area (TPSA) is 71.5 Å². The van der Waals surface area contributed by atoms with Crippen molar-refractivity contribution in [1.29, 1.82) is 0 Å². The number of nitrogens with zero attached hydrogens (tertiary/aromatic N) is 2. The Hall–Kier alpha value is -1.94. The lowest BCUT2D eigenvalue weighted by molar-refractivity contribution is 0.352. The molecule has 0 unspecified atom stereocenters. The van der Waals surface area contributed by atoms with Gasteiger partial charge >= 0.3 is 0 Å². The van der Waals surface area contributed by atoms with Gasteiger partial charge in [0.25, 0.3) is 10.0 Å². The molecule has 4 rings (SSSR count). The van der Waals surface area contributed by atoms with E-state index in [0.29, 0.717) is 11.4 Å². The van der Waals surface area contributed by atoms with Crippen LogP contribution in [0.5, 0.6) is 5.75 Å². The zero-order valence-corrected chi connectivity index (χ0v) is 19.0. The number of fused-ring (bicyclic) bond motifs is 1. The van der Waals surface area contributed by atoms with Crippen LogP contribution in [0.15, 0.2) is 34.7 Å². The zero-order chi connectivity index (χ0) is 20.6. The predicted molar refractivity (Wildman–Crippen MR) is 119 cm³/mol. The van der Waals surface area contributed by atoms with Gasteiger partial charge < -0.3 is 9.64 Å². The highest BCUT2D eigenvalue weighted by atomic mass is 32.2. The van der Waals surface area contributed by atoms with Gasteiger partial charge in [-0.1, -0.05) is 0 Å². The first-order valence-electron chi connectivity index (χ1n) is 9.29. The fourth-order valence-corrected chi connectivity index (χ4v) is 6.60. The summed E-state index contributed by atoms with van der Waals surface area (Å²) in [6, 6.07) is 7.36. The maximum Gasteiger partial charge on any atom is 0.271 e. The summed E-state index contributed by atoms with van der Waals surface area (Å²) in [6.45, 7) is 3.87. The smallest absolute Gasteiger partial charge is 0.271 e. The van der Waals surface area contributed by atoms with Crippen molar-refractivity contribution in [3.63, 3.8) is 0 Å². The molecule has 0 saturated heterocycles. The third-order valence-electron chi connectivity index (χ3n) is 5.00. The molecule has 9 heteroatoms. The molecule has 1 aromatic carbocycles. The highest BCUT2D eigenvalue weighted by Crippen LogP contribution is 2.36. The van der Waals surface area contributed by atoms with E-state index in [-0.39, 0.29) is 4.21 Å². The first kappa shape index (κ1) is 20.3. The van der Waals surface area contributed by atoms with E-state index < -0.39 is 10.0 Å². The average Bonchev–Trinajstić information content (AvgIpc) is 3.30. The Labute approximate surface area is 179 Å². The van der Waals surface area contributed by atoms with E-state index in [2.05, 4.69) is 21.7 Å². The number of thiazole rings is 1. The molecule has 6 nitrogen and oxygen atoms in total. The molecule has 0 saturated carbocycles. The van der Waals surface area contributed by atoms with E-state index in [1.807, 2.05) is 25.1 Å². The van der Waals surface area contributed by atoms with E-state index in [4.69, 9.17) is 4.74 Å². The van der Waals surface area contributed by atoms with Gasteiger partial charge in [0.2, 0.25) is 0 Å². The first-order chi connectivity index (χ1) is 13.9. The number of anilines is 1. The molecular formula is C20H23N3O3S3. The maximum absolute atomic E-state index is 13.0. The van der Waals surface area contributed by atoms with Gasteiger partial charge in [-0.05, 0) is 62.2 Å². The number of nitrogens with one attached hydrogen (secondary N) is 1. The Morgan fingerprint density at radius 1 is 1.10 bits per heavy atom. The molecule has 0 fully saturated rings. The average molecular weight is 450 g/mol. The number of hydrogen-bond donors (Lipinski definition) is 1. The zero-order valence-electron chi connectivity index (χ0n) is 16.6. The van der Waals surface area contributed by atoms with Crippen LogP contribution in [-0.2, 0) is 22.9 Å². The highest BCUT2D eigenvalue weighted by Gasteiger charge is 2.22. The second kappa shape index (κ2) is 8.06. The normalized spacial score (nSPS) is 15.0. The van der Waals surface area contributed by atoms with Crippen LogP contribution in [0.25, 0.3) is 9.75 Å². The van der Waals surface area contributed by atoms with Gasteiger partial charge in [-0.2, -0.15) is 0 Å². The van der Waals surface area contributed by atoms with Crippen LogP contribution in [-0.4, -0.2) is 45.5 Å². The van der Waals surface area contributed by atoms with Crippen molar-refractivity contribution in [2.45, 2.75) is 24.0 Å². The Bertz CT molecular complexity index is 1140. The van der Waals surface area contributed by atoms with Gasteiger partial charge in [-0.15, -0.1) is 22.7 Å². The SMILES string of the molecule is COc1cc2c(cc1NS(=O)(=O)c1ccc(-c3cnc(C)s3)s1)CCN(C)CC2. The molecule has 0 radical (unpaired) electrons. The van der Waals surface area contributed by atoms with E-state index in [0.717, 1.165) is 40.7 Å². The fraction of sp³-hybridized carbons (Fsp3) is 0.350. The molecule has 0 amide bonds. The van der Waals surface area contributed by atoms with Gasteiger partial charge in [0.1, 0.15) is 9.96 Å². The molecule has 3 aromatic rings. The highest BCUT2D eigenvalue weighted by molar-refractivity contribution is 7.94. The van der Waals surface area contributed by atoms with Gasteiger partial charge in [0.15, 0.2) is 0 Å². The molecule has 2 aromatic heterocycles. The number of methoxy groups -OCH3 is 1. The summed E-state index contributed by atoms with van der Waals surface area (Å²) >= 11 is 2.80. The molecule has 0 spiro atoms. The fourth-order valence-electron chi connectivity index (χ4n) is 3.38. The molecule has 1 N–H and O–H groups in total. The lowest BCUT2D eigenvalue weighted by Gasteiger charge is -2.15. The van der Waals surface area contributed by atoms with Gasteiger partial charge in [0.05, 0.1) is 22.7 Å². The lowest BCUT2D eigenvalue weighted by atomic mass is 10.0. The number of aromatic nitrogens is 1. The molecule has 0 bridgehead atoms. The molecular weight excluding hydrogens is 426 g/mol. The van der Waals surface area contributed by atoms with E-state index in [9.17, 15) is 8.42 Å². The van der Waals surface area contributed by atoms with Crippen molar-refractivity contribution >= 4 is 38.4 Å². The number of ether oxygens (including phenoxy) is 1. The molecule has 3 heterocycles. The van der Waals surface area contributed by atoms with Gasteiger partial charge in [0, 0.05) is 24.2 Å². The quantitative estimate of drug-likeness (QED) is 0.637. The van der Waals surface area contributed by atoms with Crippen molar-refractivity contribution in [3.8, 4) is 15.5 Å². The summed E-state index contributed by atoms with van der Waals surface area (Å²) in [6.07, 6.45) is 3.60. The molecule has 1 aliphatic rings. The standard InChI is InChI=1S/C20H23N3O3S3/c1-13-21-12-19(27-13)18-4-5-20(28-18)29(24,25)22-16-10-14-6-8-23(2)9-7-15(14)11-17(16)26-3/h4-5,10-12,22H,6-9H2,1-3H3. The van der Waals surface area contributed by atoms with Gasteiger partial charge in [-0.25, -0.2) is 13.4 Å². The number of rotatable bonds is 5. The maximum atomic E-state index is 13.0. The van der Waals surface area contributed by atoms with Crippen LogP contribution in [0.2, 0.25) is 0 Å². The van der Waals surface area contributed by atoms with E-state index in [1.165, 1.54) is 22.5 Å². The minimum Gasteiger partial charge on any atom is -0.495 e. The van der Waals surface area contributed by atoms with Crippen LogP contribution >= 0.6 is 22.7 Å². The van der Waals surface area contributed by atoms with Crippen LogP contribution in [0.1, 0.15) is 16.1 Å². The number of thiophene rings is 1. The summed E-state index contributed by atoms with van der Waals surface area (Å²) in [5, 5.41) is 0.955. The first-order valence-corrected chi connectivity index (χ1v) is 12.4. The van der Waals surface area contributed by atoms with Crippen molar-refractivity contribution in [1.82, 2.24) is 9.88 Å². The molecule has 0 aliphatic carbocycles. The molecule has 154 valence electrons. The lowest BCUT2D eigenvalue weighted by Crippen LogP contribution is -2.20. The van der Waals surface area contributed by atoms with Crippen LogP contribution in [0, 0.1) is 6.92 Å². The summed E-state index contributed by atoms with van der Waals surface area (Å²) in [7, 11) is -0.0403. The molecule has 0 atom stereocenters. The van der Waals surface area contributed by atoms with Crippen molar-refractivity contribution in [2.24, 2.45) is 0 Å². The van der Waals surface area contributed by atoms with Crippen LogP contribution < -0.4 is 9.46 Å². The Morgan fingerprint density at radius 2 is 1.83 bits per heavy atom. The number of likely N-dealkylation sites (N-methyl/N-ethyl adjacent to an activating group) is 1. The predicted octanol–water partition coefficient (Wildman–Crippen LogP) is 4.02. The summed E-state index contributed by atoms with van der Waals surface area (Å²) in [4.78, 5) is 8.40. The minimum absolute atomic E-state index is 0.273. The number of hydrogen-bond acceptors (Lipinski definition) is 7. The van der Waals surface area contributed by atoms with Crippen LogP contribution in [0.4, 0.5) is 5.69 Å². The number of aryl methyl sites for hydroxylation is 1. The van der Waals surface area contributed by atoms with E-state index in [1.54, 1.807) is 30.7 Å². The molecule has 29 heavy (non-hydrogen) atoms. The summed E-state index contributed by atoms with van der Waals surface area (Å²) in [5.41, 5.74) is 2.87. The molecule has 1 aliphatic heterocycles. The van der Waals surface area contributed by atoms with Crippen molar-refractivity contribution < 1.29 is 13.2 Å².